The maximum absolute atomic E-state index is 12.4. The van der Waals surface area contributed by atoms with Crippen molar-refractivity contribution < 1.29 is 14.3 Å². The number of hydrogen-bond donors (Lipinski definition) is 2. The molecule has 0 saturated heterocycles. The molecule has 0 bridgehead atoms. The van der Waals surface area contributed by atoms with Gasteiger partial charge in [-0.2, -0.15) is 5.10 Å². The van der Waals surface area contributed by atoms with Crippen molar-refractivity contribution in [2.24, 2.45) is 7.05 Å². The van der Waals surface area contributed by atoms with E-state index >= 15 is 0 Å². The van der Waals surface area contributed by atoms with E-state index in [4.69, 9.17) is 4.74 Å². The summed E-state index contributed by atoms with van der Waals surface area (Å²) in [5.74, 6) is -0.135. The molecular weight excluding hydrogens is 354 g/mol. The van der Waals surface area contributed by atoms with Crippen LogP contribution in [0, 0.1) is 6.92 Å². The third-order valence-corrected chi connectivity index (χ3v) is 5.05. The lowest BCUT2D eigenvalue weighted by molar-refractivity contribution is -0.136. The van der Waals surface area contributed by atoms with Gasteiger partial charge in [0, 0.05) is 18.5 Å². The molecule has 8 nitrogen and oxygen atoms in total. The minimum absolute atomic E-state index is 0.354. The molecule has 26 heavy (non-hydrogen) atoms. The minimum Gasteiger partial charge on any atom is -0.466 e. The van der Waals surface area contributed by atoms with Gasteiger partial charge in [0.1, 0.15) is 6.33 Å². The number of methoxy groups -OCH3 is 1. The first-order valence-corrected chi connectivity index (χ1v) is 8.90. The first-order valence-electron chi connectivity index (χ1n) is 7.92. The molecule has 0 radical (unpaired) electrons. The molecule has 2 amide bonds. The highest BCUT2D eigenvalue weighted by atomic mass is 32.2. The summed E-state index contributed by atoms with van der Waals surface area (Å²) in [6.45, 7) is 1.98. The van der Waals surface area contributed by atoms with E-state index in [1.807, 2.05) is 31.2 Å². The second-order valence-electron chi connectivity index (χ2n) is 5.78. The average Bonchev–Trinajstić information content (AvgIpc) is 3.04. The van der Waals surface area contributed by atoms with Gasteiger partial charge in [-0.25, -0.2) is 19.3 Å². The number of carbonyl (C=O) groups excluding carboxylic acids is 2. The Morgan fingerprint density at radius 1 is 1.35 bits per heavy atom. The Labute approximate surface area is 155 Å². The van der Waals surface area contributed by atoms with E-state index in [9.17, 15) is 9.59 Å². The third-order valence-electron chi connectivity index (χ3n) is 3.99. The van der Waals surface area contributed by atoms with Crippen LogP contribution < -0.4 is 10.6 Å². The molecule has 0 saturated carbocycles. The number of hydrogen-bond acceptors (Lipinski definition) is 6. The van der Waals surface area contributed by atoms with Gasteiger partial charge in [-0.15, -0.1) is 0 Å². The SMILES string of the molecule is COC(=O)C1=C(CSc2ncnn2C)NC(=O)N[C@H]1c1ccc(C)cc1. The molecule has 1 aliphatic rings. The number of aromatic nitrogens is 3. The minimum atomic E-state index is -0.577. The van der Waals surface area contributed by atoms with Gasteiger partial charge < -0.3 is 15.4 Å². The summed E-state index contributed by atoms with van der Waals surface area (Å²) in [6, 6.07) is 6.71. The Morgan fingerprint density at radius 2 is 2.08 bits per heavy atom. The summed E-state index contributed by atoms with van der Waals surface area (Å²) in [4.78, 5) is 28.8. The van der Waals surface area contributed by atoms with Crippen molar-refractivity contribution in [2.45, 2.75) is 18.1 Å². The van der Waals surface area contributed by atoms with E-state index in [2.05, 4.69) is 20.7 Å². The lowest BCUT2D eigenvalue weighted by atomic mass is 9.95. The monoisotopic (exact) mass is 373 g/mol. The van der Waals surface area contributed by atoms with E-state index < -0.39 is 12.0 Å². The van der Waals surface area contributed by atoms with Crippen molar-refractivity contribution in [3.05, 3.63) is 53.0 Å². The predicted octanol–water partition coefficient (Wildman–Crippen LogP) is 1.70. The molecule has 1 aromatic heterocycles. The maximum atomic E-state index is 12.4. The van der Waals surface area contributed by atoms with Crippen molar-refractivity contribution in [2.75, 3.05) is 12.9 Å². The fourth-order valence-electron chi connectivity index (χ4n) is 2.64. The average molecular weight is 373 g/mol. The van der Waals surface area contributed by atoms with E-state index in [1.54, 1.807) is 11.7 Å². The number of ether oxygens (including phenoxy) is 1. The Bertz CT molecular complexity index is 860. The first-order chi connectivity index (χ1) is 12.5. The molecule has 136 valence electrons. The lowest BCUT2D eigenvalue weighted by Gasteiger charge is -2.29. The molecule has 0 aliphatic carbocycles. The molecule has 2 heterocycles. The second kappa shape index (κ2) is 7.61. The Balaban J connectivity index is 1.97. The number of benzene rings is 1. The summed E-state index contributed by atoms with van der Waals surface area (Å²) in [5.41, 5.74) is 2.78. The van der Waals surface area contributed by atoms with E-state index in [0.717, 1.165) is 11.1 Å². The zero-order chi connectivity index (χ0) is 18.7. The van der Waals surface area contributed by atoms with E-state index in [-0.39, 0.29) is 6.03 Å². The van der Waals surface area contributed by atoms with Gasteiger partial charge in [0.2, 0.25) is 0 Å². The molecule has 1 aromatic carbocycles. The van der Waals surface area contributed by atoms with Crippen LogP contribution in [-0.2, 0) is 16.6 Å². The quantitative estimate of drug-likeness (QED) is 0.611. The fraction of sp³-hybridized carbons (Fsp3) is 0.294. The van der Waals surface area contributed by atoms with E-state index in [1.165, 1.54) is 25.2 Å². The predicted molar refractivity (Wildman–Crippen MR) is 96.4 cm³/mol. The summed E-state index contributed by atoms with van der Waals surface area (Å²) >= 11 is 1.37. The molecule has 9 heteroatoms. The highest BCUT2D eigenvalue weighted by Gasteiger charge is 2.33. The highest BCUT2D eigenvalue weighted by molar-refractivity contribution is 7.99. The number of carbonyl (C=O) groups is 2. The van der Waals surface area contributed by atoms with Crippen LogP contribution >= 0.6 is 11.8 Å². The molecule has 1 atom stereocenters. The Kier molecular flexibility index (Phi) is 5.27. The Morgan fingerprint density at radius 3 is 2.69 bits per heavy atom. The van der Waals surface area contributed by atoms with Crippen molar-refractivity contribution in [1.29, 1.82) is 0 Å². The lowest BCUT2D eigenvalue weighted by Crippen LogP contribution is -2.46. The van der Waals surface area contributed by atoms with Crippen molar-refractivity contribution >= 4 is 23.8 Å². The molecular formula is C17H19N5O3S. The molecule has 2 N–H and O–H groups in total. The molecule has 1 aliphatic heterocycles. The number of esters is 1. The van der Waals surface area contributed by atoms with Gasteiger partial charge in [0.25, 0.3) is 0 Å². The zero-order valence-corrected chi connectivity index (χ0v) is 15.5. The van der Waals surface area contributed by atoms with Crippen LogP contribution in [0.3, 0.4) is 0 Å². The largest absolute Gasteiger partial charge is 0.466 e. The van der Waals surface area contributed by atoms with Crippen LogP contribution in [-0.4, -0.2) is 39.6 Å². The first kappa shape index (κ1) is 18.0. The van der Waals surface area contributed by atoms with Crippen LogP contribution in [0.5, 0.6) is 0 Å². The number of urea groups is 1. The number of amides is 2. The standard InChI is InChI=1S/C17H19N5O3S/c1-10-4-6-11(7-5-10)14-13(15(23)25-3)12(20-16(24)21-14)8-26-17-18-9-19-22(17)2/h4-7,9,14H,8H2,1-3H3,(H2,20,21,24)/t14-/m0/s1. The van der Waals surface area contributed by atoms with Gasteiger partial charge >= 0.3 is 12.0 Å². The van der Waals surface area contributed by atoms with Gasteiger partial charge in [-0.05, 0) is 12.5 Å². The van der Waals surface area contributed by atoms with Crippen LogP contribution in [0.15, 0.2) is 47.0 Å². The molecule has 3 rings (SSSR count). The van der Waals surface area contributed by atoms with Crippen LogP contribution in [0.2, 0.25) is 0 Å². The molecule has 0 fully saturated rings. The zero-order valence-electron chi connectivity index (χ0n) is 14.6. The second-order valence-corrected chi connectivity index (χ2v) is 6.72. The summed E-state index contributed by atoms with van der Waals surface area (Å²) in [6.07, 6.45) is 1.45. The molecule has 0 spiro atoms. The van der Waals surface area contributed by atoms with Crippen LogP contribution in [0.1, 0.15) is 17.2 Å². The van der Waals surface area contributed by atoms with Gasteiger partial charge in [0.05, 0.1) is 18.7 Å². The summed E-state index contributed by atoms with van der Waals surface area (Å²) in [5, 5.41) is 10.2. The maximum Gasteiger partial charge on any atom is 0.338 e. The smallest absolute Gasteiger partial charge is 0.338 e. The van der Waals surface area contributed by atoms with Gasteiger partial charge in [0.15, 0.2) is 5.16 Å². The summed E-state index contributed by atoms with van der Waals surface area (Å²) in [7, 11) is 3.10. The molecule has 2 aromatic rings. The van der Waals surface area contributed by atoms with Crippen molar-refractivity contribution in [3.63, 3.8) is 0 Å². The molecule has 0 unspecified atom stereocenters. The number of nitrogens with one attached hydrogen (secondary N) is 2. The number of nitrogens with zero attached hydrogens (tertiary/aromatic N) is 3. The third kappa shape index (κ3) is 3.72. The van der Waals surface area contributed by atoms with Gasteiger partial charge in [-0.1, -0.05) is 41.6 Å². The van der Waals surface area contributed by atoms with E-state index in [0.29, 0.717) is 22.2 Å². The number of aryl methyl sites for hydroxylation is 2. The van der Waals surface area contributed by atoms with Gasteiger partial charge in [-0.3, -0.25) is 0 Å². The van der Waals surface area contributed by atoms with Crippen LogP contribution in [0.25, 0.3) is 0 Å². The van der Waals surface area contributed by atoms with Crippen LogP contribution in [0.4, 0.5) is 4.79 Å². The topological polar surface area (TPSA) is 98.1 Å². The number of rotatable bonds is 5. The summed E-state index contributed by atoms with van der Waals surface area (Å²) < 4.78 is 6.59. The Hall–Kier alpha value is -2.81. The van der Waals surface area contributed by atoms with Crippen molar-refractivity contribution in [1.82, 2.24) is 25.4 Å². The highest BCUT2D eigenvalue weighted by Crippen LogP contribution is 2.30. The number of thioether (sulfide) groups is 1. The van der Waals surface area contributed by atoms with Crippen molar-refractivity contribution in [3.8, 4) is 0 Å². The normalized spacial score (nSPS) is 16.9. The fourth-order valence-corrected chi connectivity index (χ4v) is 3.50.